The summed E-state index contributed by atoms with van der Waals surface area (Å²) >= 11 is 0. The molecule has 1 saturated heterocycles. The highest BCUT2D eigenvalue weighted by Gasteiger charge is 2.46. The van der Waals surface area contributed by atoms with E-state index in [1.807, 2.05) is 40.7 Å². The first-order valence-electron chi connectivity index (χ1n) is 12.7. The van der Waals surface area contributed by atoms with Crippen molar-refractivity contribution in [2.24, 2.45) is 0 Å². The number of carbonyl (C=O) groups excluding carboxylic acids is 2. The molecule has 1 heterocycles. The lowest BCUT2D eigenvalue weighted by molar-refractivity contribution is -0.140. The maximum Gasteiger partial charge on any atom is 0.295 e. The lowest BCUT2D eigenvalue weighted by Gasteiger charge is -2.26. The summed E-state index contributed by atoms with van der Waals surface area (Å²) in [7, 11) is 4.65. The number of ketones is 1. The first-order valence-corrected chi connectivity index (χ1v) is 12.7. The quantitative estimate of drug-likeness (QED) is 0.196. The van der Waals surface area contributed by atoms with Crippen LogP contribution in [0.1, 0.15) is 63.8 Å². The van der Waals surface area contributed by atoms with E-state index in [4.69, 9.17) is 18.9 Å². The SMILES string of the molecule is COc1ccc(C2/C(=C(\O)c3ccc(OC)c(C(C)(C)C)c3)C(=O)C(=O)N2CCCOC(C)C)cc1OC. The molecule has 1 atom stereocenters. The minimum atomic E-state index is -0.811. The number of rotatable bonds is 10. The summed E-state index contributed by atoms with van der Waals surface area (Å²) in [5.41, 5.74) is 1.66. The van der Waals surface area contributed by atoms with Gasteiger partial charge in [0.05, 0.1) is 39.0 Å². The summed E-state index contributed by atoms with van der Waals surface area (Å²) in [6.07, 6.45) is 0.588. The van der Waals surface area contributed by atoms with Crippen LogP contribution in [-0.2, 0) is 19.7 Å². The van der Waals surface area contributed by atoms with Crippen molar-refractivity contribution in [1.82, 2.24) is 4.90 Å². The van der Waals surface area contributed by atoms with Crippen molar-refractivity contribution in [1.29, 1.82) is 0 Å². The molecule has 2 aromatic carbocycles. The van der Waals surface area contributed by atoms with E-state index in [0.29, 0.717) is 41.4 Å². The van der Waals surface area contributed by atoms with E-state index >= 15 is 0 Å². The van der Waals surface area contributed by atoms with Crippen LogP contribution in [0.5, 0.6) is 17.2 Å². The van der Waals surface area contributed by atoms with Crippen LogP contribution in [0.15, 0.2) is 42.0 Å². The molecule has 2 aromatic rings. The van der Waals surface area contributed by atoms with E-state index < -0.39 is 17.7 Å². The van der Waals surface area contributed by atoms with Crippen LogP contribution >= 0.6 is 0 Å². The molecular weight excluding hydrogens is 486 g/mol. The zero-order chi connectivity index (χ0) is 28.2. The normalized spacial score (nSPS) is 17.3. The van der Waals surface area contributed by atoms with E-state index in [1.54, 1.807) is 37.4 Å². The number of aliphatic hydroxyl groups is 1. The van der Waals surface area contributed by atoms with Gasteiger partial charge in [0.1, 0.15) is 11.5 Å². The van der Waals surface area contributed by atoms with Gasteiger partial charge >= 0.3 is 0 Å². The highest BCUT2D eigenvalue weighted by molar-refractivity contribution is 6.46. The number of methoxy groups -OCH3 is 3. The zero-order valence-electron chi connectivity index (χ0n) is 23.6. The van der Waals surface area contributed by atoms with Crippen LogP contribution in [0, 0.1) is 0 Å². The average Bonchev–Trinajstić information content (AvgIpc) is 3.14. The van der Waals surface area contributed by atoms with Crippen molar-refractivity contribution < 1.29 is 33.6 Å². The Hall–Kier alpha value is -3.52. The van der Waals surface area contributed by atoms with Crippen LogP contribution in [0.3, 0.4) is 0 Å². The lowest BCUT2D eigenvalue weighted by atomic mass is 9.84. The predicted molar refractivity (Wildman–Crippen MR) is 146 cm³/mol. The minimum absolute atomic E-state index is 0.0250. The summed E-state index contributed by atoms with van der Waals surface area (Å²) < 4.78 is 22.0. The largest absolute Gasteiger partial charge is 0.507 e. The van der Waals surface area contributed by atoms with Crippen LogP contribution in [0.4, 0.5) is 0 Å². The van der Waals surface area contributed by atoms with Crippen molar-refractivity contribution in [2.75, 3.05) is 34.5 Å². The third-order valence-corrected chi connectivity index (χ3v) is 6.54. The van der Waals surface area contributed by atoms with Gasteiger partial charge in [-0.25, -0.2) is 0 Å². The number of carbonyl (C=O) groups is 2. The Morgan fingerprint density at radius 3 is 2.16 bits per heavy atom. The Balaban J connectivity index is 2.17. The van der Waals surface area contributed by atoms with Gasteiger partial charge in [0.15, 0.2) is 11.5 Å². The van der Waals surface area contributed by atoms with E-state index in [-0.39, 0.29) is 29.4 Å². The van der Waals surface area contributed by atoms with Crippen LogP contribution in [0.25, 0.3) is 5.76 Å². The number of Topliss-reactive ketones (excluding diaryl/α,β-unsaturated/α-hetero) is 1. The standard InChI is InChI=1S/C30H39NO7/c1-18(2)38-15-9-14-31-26(19-10-13-23(36-7)24(17-19)37-8)25(28(33)29(31)34)27(32)20-11-12-22(35-6)21(16-20)30(3,4)5/h10-13,16-18,26,32H,9,14-15H2,1-8H3/b27-25+. The number of likely N-dealkylation sites (tertiary alicyclic amines) is 1. The number of hydrogen-bond acceptors (Lipinski definition) is 7. The Morgan fingerprint density at radius 1 is 0.947 bits per heavy atom. The van der Waals surface area contributed by atoms with Crippen molar-refractivity contribution in [3.63, 3.8) is 0 Å². The van der Waals surface area contributed by atoms with Gasteiger partial charge in [0.25, 0.3) is 11.7 Å². The maximum absolute atomic E-state index is 13.4. The van der Waals surface area contributed by atoms with E-state index in [0.717, 1.165) is 5.56 Å². The molecule has 1 fully saturated rings. The molecule has 3 rings (SSSR count). The molecule has 206 valence electrons. The first-order chi connectivity index (χ1) is 17.9. The Morgan fingerprint density at radius 2 is 1.58 bits per heavy atom. The Bertz CT molecular complexity index is 1210. The second-order valence-electron chi connectivity index (χ2n) is 10.5. The van der Waals surface area contributed by atoms with E-state index in [1.165, 1.54) is 19.1 Å². The fourth-order valence-electron chi connectivity index (χ4n) is 4.63. The lowest BCUT2D eigenvalue weighted by Crippen LogP contribution is -2.31. The first kappa shape index (κ1) is 29.0. The van der Waals surface area contributed by atoms with Gasteiger partial charge in [-0.3, -0.25) is 9.59 Å². The molecule has 0 saturated carbocycles. The van der Waals surface area contributed by atoms with Gasteiger partial charge in [0.2, 0.25) is 0 Å². The second-order valence-corrected chi connectivity index (χ2v) is 10.5. The third kappa shape index (κ3) is 5.96. The average molecular weight is 526 g/mol. The number of amides is 1. The molecule has 1 amide bonds. The smallest absolute Gasteiger partial charge is 0.295 e. The molecular formula is C30H39NO7. The van der Waals surface area contributed by atoms with Gasteiger partial charge in [0, 0.05) is 24.3 Å². The molecule has 8 nitrogen and oxygen atoms in total. The summed E-state index contributed by atoms with van der Waals surface area (Å²) in [6, 6.07) is 9.69. The summed E-state index contributed by atoms with van der Waals surface area (Å²) in [6.45, 7) is 10.7. The van der Waals surface area contributed by atoms with Gasteiger partial charge in [-0.15, -0.1) is 0 Å². The minimum Gasteiger partial charge on any atom is -0.507 e. The summed E-state index contributed by atoms with van der Waals surface area (Å²) in [5.74, 6) is 0.00986. The Labute approximate surface area is 225 Å². The number of nitrogens with zero attached hydrogens (tertiary/aromatic N) is 1. The Kier molecular flexibility index (Phi) is 9.09. The molecule has 0 spiro atoms. The second kappa shape index (κ2) is 11.9. The van der Waals surface area contributed by atoms with Gasteiger partial charge in [-0.2, -0.15) is 0 Å². The van der Waals surface area contributed by atoms with E-state index in [2.05, 4.69) is 0 Å². The molecule has 1 aliphatic rings. The van der Waals surface area contributed by atoms with Crippen molar-refractivity contribution in [3.8, 4) is 17.2 Å². The van der Waals surface area contributed by atoms with Crippen LogP contribution in [0.2, 0.25) is 0 Å². The molecule has 8 heteroatoms. The molecule has 1 aliphatic heterocycles. The molecule has 38 heavy (non-hydrogen) atoms. The topological polar surface area (TPSA) is 94.5 Å². The van der Waals surface area contributed by atoms with Crippen molar-refractivity contribution in [3.05, 3.63) is 58.7 Å². The fourth-order valence-corrected chi connectivity index (χ4v) is 4.63. The van der Waals surface area contributed by atoms with Crippen LogP contribution in [-0.4, -0.2) is 62.3 Å². The number of benzene rings is 2. The molecule has 0 aliphatic carbocycles. The summed E-state index contributed by atoms with van der Waals surface area (Å²) in [4.78, 5) is 28.2. The van der Waals surface area contributed by atoms with Crippen molar-refractivity contribution >= 4 is 17.4 Å². The molecule has 0 aromatic heterocycles. The molecule has 0 bridgehead atoms. The predicted octanol–water partition coefficient (Wildman–Crippen LogP) is 5.25. The van der Waals surface area contributed by atoms with Gasteiger partial charge in [-0.1, -0.05) is 26.8 Å². The van der Waals surface area contributed by atoms with Crippen molar-refractivity contribution in [2.45, 2.75) is 58.6 Å². The van der Waals surface area contributed by atoms with Gasteiger partial charge < -0.3 is 29.0 Å². The van der Waals surface area contributed by atoms with Gasteiger partial charge in [-0.05, 0) is 61.6 Å². The monoisotopic (exact) mass is 525 g/mol. The molecule has 0 radical (unpaired) electrons. The zero-order valence-corrected chi connectivity index (χ0v) is 23.6. The highest BCUT2D eigenvalue weighted by Crippen LogP contribution is 2.43. The molecule has 1 N–H and O–H groups in total. The third-order valence-electron chi connectivity index (χ3n) is 6.54. The summed E-state index contributed by atoms with van der Waals surface area (Å²) in [5, 5.41) is 11.5. The van der Waals surface area contributed by atoms with E-state index in [9.17, 15) is 14.7 Å². The fraction of sp³-hybridized carbons (Fsp3) is 0.467. The highest BCUT2D eigenvalue weighted by atomic mass is 16.5. The van der Waals surface area contributed by atoms with Crippen LogP contribution < -0.4 is 14.2 Å². The number of aliphatic hydroxyl groups excluding tert-OH is 1. The maximum atomic E-state index is 13.4. The number of ether oxygens (including phenoxy) is 4. The molecule has 1 unspecified atom stereocenters. The number of hydrogen-bond donors (Lipinski definition) is 1.